The molecule has 6 heteroatoms. The van der Waals surface area contributed by atoms with Gasteiger partial charge in [0.05, 0.1) is 21.8 Å². The summed E-state index contributed by atoms with van der Waals surface area (Å²) >= 11 is 3.14. The van der Waals surface area contributed by atoms with E-state index in [1.165, 1.54) is 12.3 Å². The van der Waals surface area contributed by atoms with Gasteiger partial charge >= 0.3 is 5.97 Å². The van der Waals surface area contributed by atoms with Crippen LogP contribution in [0.4, 0.5) is 0 Å². The van der Waals surface area contributed by atoms with Gasteiger partial charge in [0.1, 0.15) is 0 Å². The topological polar surface area (TPSA) is 102 Å². The quantitative estimate of drug-likeness (QED) is 0.734. The van der Waals surface area contributed by atoms with E-state index in [9.17, 15) is 4.79 Å². The highest BCUT2D eigenvalue weighted by molar-refractivity contribution is 9.10. The first-order valence-corrected chi connectivity index (χ1v) is 4.70. The van der Waals surface area contributed by atoms with E-state index in [-0.39, 0.29) is 12.1 Å². The van der Waals surface area contributed by atoms with Gasteiger partial charge in [-0.2, -0.15) is 0 Å². The molecule has 76 valence electrons. The number of aromatic nitrogens is 1. The summed E-state index contributed by atoms with van der Waals surface area (Å²) in [4.78, 5) is 14.7. The Balaban J connectivity index is 3.20. The number of hydrogen-bond acceptors (Lipinski definition) is 4. The molecule has 0 radical (unpaired) electrons. The van der Waals surface area contributed by atoms with Crippen molar-refractivity contribution < 1.29 is 9.90 Å². The standard InChI is InChI=1S/C8H10BrN3O2/c9-6-4(8(13)14)1-2-12-7(6)5(11)3-10/h1-2,5H,3,10-11H2,(H,13,14)/t5-/m0/s1. The fraction of sp³-hybridized carbons (Fsp3) is 0.250. The average Bonchev–Trinajstić information content (AvgIpc) is 2.16. The molecule has 0 aliphatic heterocycles. The molecular formula is C8H10BrN3O2. The van der Waals surface area contributed by atoms with E-state index in [0.717, 1.165) is 0 Å². The second-order valence-corrected chi connectivity index (χ2v) is 3.50. The second-order valence-electron chi connectivity index (χ2n) is 2.71. The van der Waals surface area contributed by atoms with Crippen LogP contribution in [0.25, 0.3) is 0 Å². The Bertz CT molecular complexity index is 356. The van der Waals surface area contributed by atoms with Crippen molar-refractivity contribution in [1.29, 1.82) is 0 Å². The third kappa shape index (κ3) is 2.09. The molecule has 0 amide bonds. The van der Waals surface area contributed by atoms with Gasteiger partial charge in [0.2, 0.25) is 0 Å². The molecular weight excluding hydrogens is 250 g/mol. The molecule has 0 bridgehead atoms. The molecule has 1 heterocycles. The van der Waals surface area contributed by atoms with Gasteiger partial charge in [0.15, 0.2) is 0 Å². The Morgan fingerprint density at radius 1 is 1.71 bits per heavy atom. The summed E-state index contributed by atoms with van der Waals surface area (Å²) in [5, 5.41) is 8.81. The smallest absolute Gasteiger partial charge is 0.336 e. The van der Waals surface area contributed by atoms with Crippen molar-refractivity contribution in [2.75, 3.05) is 6.54 Å². The van der Waals surface area contributed by atoms with Gasteiger partial charge in [0.25, 0.3) is 0 Å². The number of carboxylic acid groups (broad SMARTS) is 1. The summed E-state index contributed by atoms with van der Waals surface area (Å²) in [6.45, 7) is 0.217. The zero-order valence-corrected chi connectivity index (χ0v) is 8.86. The molecule has 0 saturated carbocycles. The maximum atomic E-state index is 10.8. The number of aromatic carboxylic acids is 1. The number of nitrogens with zero attached hydrogens (tertiary/aromatic N) is 1. The monoisotopic (exact) mass is 259 g/mol. The van der Waals surface area contributed by atoms with Crippen LogP contribution in [0.5, 0.6) is 0 Å². The van der Waals surface area contributed by atoms with Crippen LogP contribution < -0.4 is 11.5 Å². The van der Waals surface area contributed by atoms with E-state index in [0.29, 0.717) is 10.2 Å². The summed E-state index contributed by atoms with van der Waals surface area (Å²) in [6, 6.07) is 0.947. The first kappa shape index (κ1) is 11.1. The highest BCUT2D eigenvalue weighted by Crippen LogP contribution is 2.23. The van der Waals surface area contributed by atoms with Crippen molar-refractivity contribution in [3.63, 3.8) is 0 Å². The predicted octanol–water partition coefficient (Wildman–Crippen LogP) is 0.501. The highest BCUT2D eigenvalue weighted by atomic mass is 79.9. The number of halogens is 1. The van der Waals surface area contributed by atoms with Crippen LogP contribution in [0.1, 0.15) is 22.1 Å². The first-order chi connectivity index (χ1) is 6.57. The van der Waals surface area contributed by atoms with Gasteiger partial charge in [-0.25, -0.2) is 4.79 Å². The fourth-order valence-electron chi connectivity index (χ4n) is 0.995. The zero-order valence-electron chi connectivity index (χ0n) is 7.27. The number of hydrogen-bond donors (Lipinski definition) is 3. The number of carbonyl (C=O) groups is 1. The van der Waals surface area contributed by atoms with Gasteiger partial charge in [-0.05, 0) is 22.0 Å². The lowest BCUT2D eigenvalue weighted by Gasteiger charge is -2.11. The SMILES string of the molecule is NC[C@H](N)c1nccc(C(=O)O)c1Br. The van der Waals surface area contributed by atoms with Crippen molar-refractivity contribution in [3.05, 3.63) is 28.0 Å². The summed E-state index contributed by atoms with van der Waals surface area (Å²) in [5.41, 5.74) is 11.6. The normalized spacial score (nSPS) is 12.5. The lowest BCUT2D eigenvalue weighted by atomic mass is 10.1. The molecule has 0 unspecified atom stereocenters. The Kier molecular flexibility index (Phi) is 3.56. The summed E-state index contributed by atoms with van der Waals surface area (Å²) in [5.74, 6) is -1.02. The number of carboxylic acids is 1. The Labute approximate surface area is 89.2 Å². The Morgan fingerprint density at radius 2 is 2.36 bits per heavy atom. The lowest BCUT2D eigenvalue weighted by Crippen LogP contribution is -2.23. The van der Waals surface area contributed by atoms with E-state index in [2.05, 4.69) is 20.9 Å². The van der Waals surface area contributed by atoms with Gasteiger partial charge in [-0.1, -0.05) is 0 Å². The van der Waals surface area contributed by atoms with Crippen molar-refractivity contribution in [1.82, 2.24) is 4.98 Å². The van der Waals surface area contributed by atoms with Crippen LogP contribution in [0.3, 0.4) is 0 Å². The van der Waals surface area contributed by atoms with Crippen molar-refractivity contribution in [2.24, 2.45) is 11.5 Å². The van der Waals surface area contributed by atoms with Crippen LogP contribution in [-0.4, -0.2) is 22.6 Å². The minimum atomic E-state index is -1.02. The van der Waals surface area contributed by atoms with Gasteiger partial charge in [0, 0.05) is 12.7 Å². The van der Waals surface area contributed by atoms with E-state index in [4.69, 9.17) is 16.6 Å². The molecule has 0 saturated heterocycles. The lowest BCUT2D eigenvalue weighted by molar-refractivity contribution is 0.0695. The van der Waals surface area contributed by atoms with Crippen LogP contribution in [-0.2, 0) is 0 Å². The van der Waals surface area contributed by atoms with Gasteiger partial charge < -0.3 is 16.6 Å². The minimum absolute atomic E-state index is 0.138. The summed E-state index contributed by atoms with van der Waals surface area (Å²) in [7, 11) is 0. The minimum Gasteiger partial charge on any atom is -0.478 e. The average molecular weight is 260 g/mol. The van der Waals surface area contributed by atoms with Crippen LogP contribution in [0.2, 0.25) is 0 Å². The molecule has 0 aliphatic rings. The fourth-order valence-corrected chi connectivity index (χ4v) is 1.69. The van der Waals surface area contributed by atoms with Gasteiger partial charge in [-0.15, -0.1) is 0 Å². The van der Waals surface area contributed by atoms with Crippen molar-refractivity contribution >= 4 is 21.9 Å². The Morgan fingerprint density at radius 3 is 2.86 bits per heavy atom. The van der Waals surface area contributed by atoms with Crippen molar-refractivity contribution in [2.45, 2.75) is 6.04 Å². The molecule has 5 nitrogen and oxygen atoms in total. The molecule has 1 aromatic heterocycles. The van der Waals surface area contributed by atoms with Crippen LogP contribution in [0.15, 0.2) is 16.7 Å². The third-order valence-electron chi connectivity index (χ3n) is 1.75. The molecule has 0 aromatic carbocycles. The van der Waals surface area contributed by atoms with Crippen LogP contribution in [0, 0.1) is 0 Å². The zero-order chi connectivity index (χ0) is 10.7. The highest BCUT2D eigenvalue weighted by Gasteiger charge is 2.16. The Hall–Kier alpha value is -0.980. The number of nitrogens with two attached hydrogens (primary N) is 2. The second kappa shape index (κ2) is 4.50. The van der Waals surface area contributed by atoms with E-state index < -0.39 is 12.0 Å². The van der Waals surface area contributed by atoms with Gasteiger partial charge in [-0.3, -0.25) is 4.98 Å². The molecule has 0 fully saturated rings. The molecule has 1 atom stereocenters. The molecule has 14 heavy (non-hydrogen) atoms. The van der Waals surface area contributed by atoms with Crippen LogP contribution >= 0.6 is 15.9 Å². The molecule has 5 N–H and O–H groups in total. The maximum Gasteiger partial charge on any atom is 0.336 e. The molecule has 0 aliphatic carbocycles. The summed E-state index contributed by atoms with van der Waals surface area (Å²) < 4.78 is 0.394. The van der Waals surface area contributed by atoms with E-state index in [1.54, 1.807) is 0 Å². The third-order valence-corrected chi connectivity index (χ3v) is 2.59. The molecule has 1 aromatic rings. The van der Waals surface area contributed by atoms with E-state index in [1.807, 2.05) is 0 Å². The largest absolute Gasteiger partial charge is 0.478 e. The van der Waals surface area contributed by atoms with Crippen molar-refractivity contribution in [3.8, 4) is 0 Å². The molecule has 0 spiro atoms. The first-order valence-electron chi connectivity index (χ1n) is 3.91. The molecule has 1 rings (SSSR count). The predicted molar refractivity (Wildman–Crippen MR) is 54.9 cm³/mol. The van der Waals surface area contributed by atoms with E-state index >= 15 is 0 Å². The maximum absolute atomic E-state index is 10.8. The summed E-state index contributed by atoms with van der Waals surface area (Å²) in [6.07, 6.45) is 1.40. The number of pyridine rings is 1. The number of rotatable bonds is 3.